The van der Waals surface area contributed by atoms with E-state index in [9.17, 15) is 0 Å². The van der Waals surface area contributed by atoms with Crippen molar-refractivity contribution in [1.82, 2.24) is 5.32 Å². The molecule has 0 radical (unpaired) electrons. The zero-order valence-electron chi connectivity index (χ0n) is 9.63. The van der Waals surface area contributed by atoms with E-state index in [1.165, 1.54) is 12.8 Å². The highest BCUT2D eigenvalue weighted by Crippen LogP contribution is 2.27. The lowest BCUT2D eigenvalue weighted by molar-refractivity contribution is 0.340. The van der Waals surface area contributed by atoms with E-state index in [0.29, 0.717) is 22.8 Å². The Morgan fingerprint density at radius 1 is 1.53 bits per heavy atom. The van der Waals surface area contributed by atoms with E-state index in [0.717, 1.165) is 11.4 Å². The molecule has 0 amide bonds. The summed E-state index contributed by atoms with van der Waals surface area (Å²) in [6.07, 6.45) is 2.39. The Kier molecular flexibility index (Phi) is 4.07. The highest BCUT2D eigenvalue weighted by molar-refractivity contribution is 7.80. The van der Waals surface area contributed by atoms with Gasteiger partial charge in [-0.25, -0.2) is 0 Å². The summed E-state index contributed by atoms with van der Waals surface area (Å²) in [6, 6.07) is 6.06. The van der Waals surface area contributed by atoms with Gasteiger partial charge in [-0.3, -0.25) is 0 Å². The van der Waals surface area contributed by atoms with E-state index >= 15 is 0 Å². The largest absolute Gasteiger partial charge is 0.494 e. The van der Waals surface area contributed by atoms with Crippen molar-refractivity contribution in [2.45, 2.75) is 25.8 Å². The van der Waals surface area contributed by atoms with Gasteiger partial charge in [-0.05, 0) is 44.1 Å². The second kappa shape index (κ2) is 5.56. The number of anilines is 1. The molecule has 92 valence electrons. The molecule has 0 atom stereocenters. The van der Waals surface area contributed by atoms with E-state index in [1.807, 2.05) is 19.1 Å². The fourth-order valence-corrected chi connectivity index (χ4v) is 1.92. The zero-order valence-corrected chi connectivity index (χ0v) is 11.2. The summed E-state index contributed by atoms with van der Waals surface area (Å²) in [5, 5.41) is 7.51. The molecule has 1 aromatic rings. The minimum Gasteiger partial charge on any atom is -0.494 e. The SMILES string of the molecule is CCOc1ccc(NC(=S)NC2CC2)c(Cl)c1. The highest BCUT2D eigenvalue weighted by atomic mass is 35.5. The van der Waals surface area contributed by atoms with Gasteiger partial charge in [0.15, 0.2) is 5.11 Å². The van der Waals surface area contributed by atoms with Gasteiger partial charge in [-0.15, -0.1) is 0 Å². The molecule has 0 aromatic heterocycles. The first-order chi connectivity index (χ1) is 8.19. The topological polar surface area (TPSA) is 33.3 Å². The first-order valence-electron chi connectivity index (χ1n) is 5.69. The Balaban J connectivity index is 1.97. The minimum atomic E-state index is 0.538. The quantitative estimate of drug-likeness (QED) is 0.824. The van der Waals surface area contributed by atoms with Gasteiger partial charge in [0, 0.05) is 12.1 Å². The van der Waals surface area contributed by atoms with Crippen LogP contribution in [0, 0.1) is 0 Å². The predicted octanol–water partition coefficient (Wildman–Crippen LogP) is 3.19. The first-order valence-corrected chi connectivity index (χ1v) is 6.47. The molecule has 2 rings (SSSR count). The minimum absolute atomic E-state index is 0.538. The van der Waals surface area contributed by atoms with Crippen molar-refractivity contribution in [2.24, 2.45) is 0 Å². The highest BCUT2D eigenvalue weighted by Gasteiger charge is 2.21. The summed E-state index contributed by atoms with van der Waals surface area (Å²) in [4.78, 5) is 0. The van der Waals surface area contributed by atoms with Gasteiger partial charge in [0.1, 0.15) is 5.75 Å². The molecule has 2 N–H and O–H groups in total. The van der Waals surface area contributed by atoms with Crippen LogP contribution in [-0.4, -0.2) is 17.8 Å². The van der Waals surface area contributed by atoms with Gasteiger partial charge in [0.25, 0.3) is 0 Å². The van der Waals surface area contributed by atoms with Gasteiger partial charge >= 0.3 is 0 Å². The standard InChI is InChI=1S/C12H15ClN2OS/c1-2-16-9-5-6-11(10(13)7-9)15-12(17)14-8-3-4-8/h5-8H,2-4H2,1H3,(H2,14,15,17). The predicted molar refractivity (Wildman–Crippen MR) is 75.0 cm³/mol. The molecule has 1 aliphatic rings. The Hall–Kier alpha value is -1.00. The van der Waals surface area contributed by atoms with Crippen LogP contribution in [0.15, 0.2) is 18.2 Å². The maximum absolute atomic E-state index is 6.13. The number of hydrogen-bond acceptors (Lipinski definition) is 2. The van der Waals surface area contributed by atoms with Crippen molar-refractivity contribution in [3.8, 4) is 5.75 Å². The molecule has 0 unspecified atom stereocenters. The van der Waals surface area contributed by atoms with Crippen LogP contribution in [0.5, 0.6) is 5.75 Å². The fourth-order valence-electron chi connectivity index (χ4n) is 1.43. The van der Waals surface area contributed by atoms with Gasteiger partial charge in [-0.2, -0.15) is 0 Å². The molecule has 1 fully saturated rings. The molecule has 1 saturated carbocycles. The van der Waals surface area contributed by atoms with Gasteiger partial charge in [-0.1, -0.05) is 11.6 Å². The fraction of sp³-hybridized carbons (Fsp3) is 0.417. The van der Waals surface area contributed by atoms with E-state index in [4.69, 9.17) is 28.6 Å². The van der Waals surface area contributed by atoms with Crippen molar-refractivity contribution < 1.29 is 4.74 Å². The van der Waals surface area contributed by atoms with Gasteiger partial charge in [0.05, 0.1) is 17.3 Å². The average molecular weight is 271 g/mol. The number of ether oxygens (including phenoxy) is 1. The summed E-state index contributed by atoms with van der Waals surface area (Å²) >= 11 is 11.3. The molecular weight excluding hydrogens is 256 g/mol. The van der Waals surface area contributed by atoms with Crippen LogP contribution in [-0.2, 0) is 0 Å². The van der Waals surface area contributed by atoms with Crippen LogP contribution >= 0.6 is 23.8 Å². The van der Waals surface area contributed by atoms with Crippen molar-refractivity contribution >= 4 is 34.6 Å². The van der Waals surface area contributed by atoms with Gasteiger partial charge < -0.3 is 15.4 Å². The van der Waals surface area contributed by atoms with Crippen LogP contribution in [0.3, 0.4) is 0 Å². The molecule has 3 nitrogen and oxygen atoms in total. The Labute approximate surface area is 111 Å². The Morgan fingerprint density at radius 2 is 2.29 bits per heavy atom. The van der Waals surface area contributed by atoms with Crippen molar-refractivity contribution in [3.05, 3.63) is 23.2 Å². The summed E-state index contributed by atoms with van der Waals surface area (Å²) < 4.78 is 5.36. The molecule has 1 aliphatic carbocycles. The number of hydrogen-bond donors (Lipinski definition) is 2. The third-order valence-electron chi connectivity index (χ3n) is 2.41. The van der Waals surface area contributed by atoms with Crippen LogP contribution in [0.2, 0.25) is 5.02 Å². The van der Waals surface area contributed by atoms with Crippen LogP contribution < -0.4 is 15.4 Å². The summed E-state index contributed by atoms with van der Waals surface area (Å²) in [5.41, 5.74) is 0.799. The van der Waals surface area contributed by atoms with Crippen LogP contribution in [0.4, 0.5) is 5.69 Å². The van der Waals surface area contributed by atoms with E-state index in [-0.39, 0.29) is 0 Å². The van der Waals surface area contributed by atoms with Crippen LogP contribution in [0.1, 0.15) is 19.8 Å². The van der Waals surface area contributed by atoms with Gasteiger partial charge in [0.2, 0.25) is 0 Å². The van der Waals surface area contributed by atoms with E-state index < -0.39 is 0 Å². The molecule has 0 saturated heterocycles. The van der Waals surface area contributed by atoms with E-state index in [2.05, 4.69) is 10.6 Å². The lowest BCUT2D eigenvalue weighted by Crippen LogP contribution is -2.30. The number of nitrogens with one attached hydrogen (secondary N) is 2. The molecule has 0 spiro atoms. The molecule has 5 heteroatoms. The molecule has 0 aliphatic heterocycles. The molecule has 1 aromatic carbocycles. The number of benzene rings is 1. The maximum Gasteiger partial charge on any atom is 0.171 e. The normalized spacial score (nSPS) is 14.2. The third-order valence-corrected chi connectivity index (χ3v) is 2.94. The molecule has 17 heavy (non-hydrogen) atoms. The van der Waals surface area contributed by atoms with Crippen molar-refractivity contribution in [2.75, 3.05) is 11.9 Å². The summed E-state index contributed by atoms with van der Waals surface area (Å²) in [5.74, 6) is 0.768. The summed E-state index contributed by atoms with van der Waals surface area (Å²) in [6.45, 7) is 2.57. The molecular formula is C12H15ClN2OS. The van der Waals surface area contributed by atoms with Crippen LogP contribution in [0.25, 0.3) is 0 Å². The number of thiocarbonyl (C=S) groups is 1. The number of halogens is 1. The molecule has 0 heterocycles. The van der Waals surface area contributed by atoms with Crippen molar-refractivity contribution in [3.63, 3.8) is 0 Å². The van der Waals surface area contributed by atoms with E-state index in [1.54, 1.807) is 6.07 Å². The second-order valence-corrected chi connectivity index (χ2v) is 4.76. The summed E-state index contributed by atoms with van der Waals surface area (Å²) in [7, 11) is 0. The lowest BCUT2D eigenvalue weighted by Gasteiger charge is -2.12. The monoisotopic (exact) mass is 270 g/mol. The third kappa shape index (κ3) is 3.75. The second-order valence-electron chi connectivity index (χ2n) is 3.95. The van der Waals surface area contributed by atoms with Crippen molar-refractivity contribution in [1.29, 1.82) is 0 Å². The maximum atomic E-state index is 6.13. The first kappa shape index (κ1) is 12.5. The molecule has 0 bridgehead atoms. The lowest BCUT2D eigenvalue weighted by atomic mass is 10.3. The Bertz CT molecular complexity index is 421. The smallest absolute Gasteiger partial charge is 0.171 e. The average Bonchev–Trinajstić information content (AvgIpc) is 3.06. The Morgan fingerprint density at radius 3 is 2.88 bits per heavy atom. The zero-order chi connectivity index (χ0) is 12.3. The number of rotatable bonds is 4.